The van der Waals surface area contributed by atoms with Crippen molar-refractivity contribution in [2.24, 2.45) is 0 Å². The van der Waals surface area contributed by atoms with Gasteiger partial charge in [0.2, 0.25) is 5.91 Å². The first kappa shape index (κ1) is 15.7. The smallest absolute Gasteiger partial charge is 0.239 e. The van der Waals surface area contributed by atoms with Crippen molar-refractivity contribution in [1.29, 1.82) is 0 Å². The predicted octanol–water partition coefficient (Wildman–Crippen LogP) is 0.696. The first-order valence-corrected chi connectivity index (χ1v) is 8.03. The molecule has 3 atom stereocenters. The van der Waals surface area contributed by atoms with E-state index in [0.29, 0.717) is 25.3 Å². The van der Waals surface area contributed by atoms with Gasteiger partial charge in [-0.25, -0.2) is 0 Å². The normalized spacial score (nSPS) is 30.2. The molecule has 0 aromatic heterocycles. The number of hydrogen-bond donors (Lipinski definition) is 1. The molecule has 2 fully saturated rings. The lowest BCUT2D eigenvalue weighted by molar-refractivity contribution is -0.142. The number of carbonyl (C=O) groups excluding carboxylic acids is 1. The van der Waals surface area contributed by atoms with Gasteiger partial charge in [0.25, 0.3) is 0 Å². The Kier molecular flexibility index (Phi) is 5.81. The Morgan fingerprint density at radius 3 is 2.60 bits per heavy atom. The van der Waals surface area contributed by atoms with E-state index in [0.717, 1.165) is 39.0 Å². The SMILES string of the molecule is CCC1CN(C(C)C(=O)N2CCOCC2)C(CC)CN1. The summed E-state index contributed by atoms with van der Waals surface area (Å²) in [6, 6.07) is 0.963. The number of nitrogens with one attached hydrogen (secondary N) is 1. The van der Waals surface area contributed by atoms with Crippen molar-refractivity contribution in [3.63, 3.8) is 0 Å². The highest BCUT2D eigenvalue weighted by molar-refractivity contribution is 5.81. The maximum absolute atomic E-state index is 12.7. The van der Waals surface area contributed by atoms with Crippen LogP contribution < -0.4 is 5.32 Å². The van der Waals surface area contributed by atoms with Crippen molar-refractivity contribution in [2.45, 2.75) is 51.7 Å². The van der Waals surface area contributed by atoms with Crippen LogP contribution in [0.25, 0.3) is 0 Å². The van der Waals surface area contributed by atoms with Gasteiger partial charge in [-0.1, -0.05) is 13.8 Å². The Balaban J connectivity index is 2.00. The van der Waals surface area contributed by atoms with E-state index < -0.39 is 0 Å². The van der Waals surface area contributed by atoms with Gasteiger partial charge in [0.15, 0.2) is 0 Å². The van der Waals surface area contributed by atoms with E-state index in [-0.39, 0.29) is 11.9 Å². The summed E-state index contributed by atoms with van der Waals surface area (Å²) in [4.78, 5) is 17.0. The van der Waals surface area contributed by atoms with Crippen molar-refractivity contribution in [3.05, 3.63) is 0 Å². The summed E-state index contributed by atoms with van der Waals surface area (Å²) in [6.45, 7) is 11.3. The molecule has 3 unspecified atom stereocenters. The summed E-state index contributed by atoms with van der Waals surface area (Å²) in [6.07, 6.45) is 2.20. The van der Waals surface area contributed by atoms with Crippen molar-refractivity contribution >= 4 is 5.91 Å². The lowest BCUT2D eigenvalue weighted by Crippen LogP contribution is -2.62. The quantitative estimate of drug-likeness (QED) is 0.825. The molecule has 0 aliphatic carbocycles. The molecule has 1 amide bonds. The predicted molar refractivity (Wildman–Crippen MR) is 79.7 cm³/mol. The number of rotatable bonds is 4. The first-order valence-electron chi connectivity index (χ1n) is 8.03. The van der Waals surface area contributed by atoms with Gasteiger partial charge in [0.1, 0.15) is 0 Å². The molecule has 1 N–H and O–H groups in total. The number of piperazine rings is 1. The molecule has 0 spiro atoms. The van der Waals surface area contributed by atoms with Gasteiger partial charge in [-0.05, 0) is 19.8 Å². The van der Waals surface area contributed by atoms with E-state index >= 15 is 0 Å². The van der Waals surface area contributed by atoms with Crippen molar-refractivity contribution in [2.75, 3.05) is 39.4 Å². The molecule has 2 rings (SSSR count). The molecule has 0 aromatic carbocycles. The lowest BCUT2D eigenvalue weighted by atomic mass is 10.0. The van der Waals surface area contributed by atoms with E-state index in [9.17, 15) is 4.79 Å². The highest BCUT2D eigenvalue weighted by Gasteiger charge is 2.34. The van der Waals surface area contributed by atoms with E-state index in [1.165, 1.54) is 0 Å². The van der Waals surface area contributed by atoms with E-state index in [1.54, 1.807) is 0 Å². The lowest BCUT2D eigenvalue weighted by Gasteiger charge is -2.44. The molecule has 0 bridgehead atoms. The van der Waals surface area contributed by atoms with E-state index in [1.807, 2.05) is 4.90 Å². The molecule has 5 heteroatoms. The third-order valence-corrected chi connectivity index (χ3v) is 4.68. The Bertz CT molecular complexity index is 318. The van der Waals surface area contributed by atoms with Crippen LogP contribution in [-0.2, 0) is 9.53 Å². The summed E-state index contributed by atoms with van der Waals surface area (Å²) in [5.41, 5.74) is 0. The molecule has 2 saturated heterocycles. The maximum atomic E-state index is 12.7. The second-order valence-corrected chi connectivity index (χ2v) is 5.89. The minimum Gasteiger partial charge on any atom is -0.378 e. The fourth-order valence-corrected chi connectivity index (χ4v) is 3.20. The van der Waals surface area contributed by atoms with Crippen LogP contribution in [0.5, 0.6) is 0 Å². The van der Waals surface area contributed by atoms with Gasteiger partial charge in [0.05, 0.1) is 19.3 Å². The Hall–Kier alpha value is -0.650. The molecule has 0 radical (unpaired) electrons. The number of morpholine rings is 1. The van der Waals surface area contributed by atoms with Crippen molar-refractivity contribution in [1.82, 2.24) is 15.1 Å². The van der Waals surface area contributed by atoms with E-state index in [4.69, 9.17) is 4.74 Å². The van der Waals surface area contributed by atoms with Gasteiger partial charge < -0.3 is 15.0 Å². The zero-order valence-electron chi connectivity index (χ0n) is 13.1. The Labute approximate surface area is 122 Å². The molecular formula is C15H29N3O2. The number of amides is 1. The molecule has 2 aliphatic heterocycles. The monoisotopic (exact) mass is 283 g/mol. The average Bonchev–Trinajstić information content (AvgIpc) is 2.53. The second kappa shape index (κ2) is 7.38. The van der Waals surface area contributed by atoms with Crippen LogP contribution in [0.15, 0.2) is 0 Å². The summed E-state index contributed by atoms with van der Waals surface area (Å²) < 4.78 is 5.33. The zero-order chi connectivity index (χ0) is 14.5. The molecule has 5 nitrogen and oxygen atoms in total. The number of hydrogen-bond acceptors (Lipinski definition) is 4. The van der Waals surface area contributed by atoms with Gasteiger partial charge in [-0.3, -0.25) is 9.69 Å². The largest absolute Gasteiger partial charge is 0.378 e. The minimum atomic E-state index is -0.0193. The zero-order valence-corrected chi connectivity index (χ0v) is 13.1. The fraction of sp³-hybridized carbons (Fsp3) is 0.933. The molecule has 0 saturated carbocycles. The topological polar surface area (TPSA) is 44.8 Å². The first-order chi connectivity index (χ1) is 9.67. The Morgan fingerprint density at radius 2 is 2.00 bits per heavy atom. The molecule has 0 aromatic rings. The summed E-state index contributed by atoms with van der Waals surface area (Å²) in [5.74, 6) is 0.267. The highest BCUT2D eigenvalue weighted by atomic mass is 16.5. The van der Waals surface area contributed by atoms with E-state index in [2.05, 4.69) is 31.0 Å². The fourth-order valence-electron chi connectivity index (χ4n) is 3.20. The van der Waals surface area contributed by atoms with Crippen LogP contribution in [0.4, 0.5) is 0 Å². The van der Waals surface area contributed by atoms with Crippen molar-refractivity contribution < 1.29 is 9.53 Å². The molecular weight excluding hydrogens is 254 g/mol. The molecule has 20 heavy (non-hydrogen) atoms. The summed E-state index contributed by atoms with van der Waals surface area (Å²) in [5, 5.41) is 3.59. The maximum Gasteiger partial charge on any atom is 0.239 e. The number of nitrogens with zero attached hydrogens (tertiary/aromatic N) is 2. The van der Waals surface area contributed by atoms with Crippen LogP contribution in [0, 0.1) is 0 Å². The van der Waals surface area contributed by atoms with Crippen LogP contribution in [0.2, 0.25) is 0 Å². The van der Waals surface area contributed by atoms with Crippen LogP contribution >= 0.6 is 0 Å². The van der Waals surface area contributed by atoms with Crippen LogP contribution in [-0.4, -0.2) is 73.2 Å². The molecule has 2 aliphatic rings. The average molecular weight is 283 g/mol. The second-order valence-electron chi connectivity index (χ2n) is 5.89. The van der Waals surface area contributed by atoms with Gasteiger partial charge in [-0.15, -0.1) is 0 Å². The molecule has 116 valence electrons. The van der Waals surface area contributed by atoms with Crippen molar-refractivity contribution in [3.8, 4) is 0 Å². The van der Waals surface area contributed by atoms with Crippen LogP contribution in [0.1, 0.15) is 33.6 Å². The van der Waals surface area contributed by atoms with Gasteiger partial charge in [0, 0.05) is 38.3 Å². The summed E-state index contributed by atoms with van der Waals surface area (Å²) in [7, 11) is 0. The number of carbonyl (C=O) groups is 1. The van der Waals surface area contributed by atoms with Gasteiger partial charge >= 0.3 is 0 Å². The van der Waals surface area contributed by atoms with Crippen LogP contribution in [0.3, 0.4) is 0 Å². The number of ether oxygens (including phenoxy) is 1. The van der Waals surface area contributed by atoms with Gasteiger partial charge in [-0.2, -0.15) is 0 Å². The molecule has 2 heterocycles. The Morgan fingerprint density at radius 1 is 1.30 bits per heavy atom. The minimum absolute atomic E-state index is 0.0193. The summed E-state index contributed by atoms with van der Waals surface area (Å²) >= 11 is 0. The highest BCUT2D eigenvalue weighted by Crippen LogP contribution is 2.17. The third-order valence-electron chi connectivity index (χ3n) is 4.68. The standard InChI is InChI=1S/C15H29N3O2/c1-4-13-11-18(14(5-2)10-16-13)12(3)15(19)17-6-8-20-9-7-17/h12-14,16H,4-11H2,1-3H3. The third kappa shape index (κ3) is 3.51.